The van der Waals surface area contributed by atoms with Crippen LogP contribution in [0.4, 0.5) is 0 Å². The summed E-state index contributed by atoms with van der Waals surface area (Å²) in [7, 11) is 0. The van der Waals surface area contributed by atoms with Crippen LogP contribution in [0.1, 0.15) is 35.5 Å². The first kappa shape index (κ1) is 20.9. The fourth-order valence-electron chi connectivity index (χ4n) is 5.30. The summed E-state index contributed by atoms with van der Waals surface area (Å²) in [4.78, 5) is 37.1. The Hall–Kier alpha value is -2.97. The molecule has 166 valence electrons. The van der Waals surface area contributed by atoms with E-state index in [1.807, 2.05) is 23.1 Å². The topological polar surface area (TPSA) is 93.3 Å². The Morgan fingerprint density at radius 1 is 1.19 bits per heavy atom. The Morgan fingerprint density at radius 3 is 2.94 bits per heavy atom. The molecule has 6 heterocycles. The maximum Gasteiger partial charge on any atom is 0.251 e. The van der Waals surface area contributed by atoms with E-state index >= 15 is 0 Å². The van der Waals surface area contributed by atoms with Gasteiger partial charge < -0.3 is 14.6 Å². The maximum absolute atomic E-state index is 13.7. The third kappa shape index (κ3) is 3.34. The molecule has 1 N–H and O–H groups in total. The van der Waals surface area contributed by atoms with Crippen molar-refractivity contribution in [2.45, 2.75) is 31.3 Å². The van der Waals surface area contributed by atoms with Gasteiger partial charge in [0.2, 0.25) is 11.8 Å². The number of hydrogen-bond acceptors (Lipinski definition) is 6. The van der Waals surface area contributed by atoms with Crippen molar-refractivity contribution in [3.63, 3.8) is 0 Å². The molecule has 0 saturated carbocycles. The van der Waals surface area contributed by atoms with E-state index in [1.54, 1.807) is 29.1 Å². The smallest absolute Gasteiger partial charge is 0.251 e. The van der Waals surface area contributed by atoms with Gasteiger partial charge in [-0.15, -0.1) is 12.4 Å². The van der Waals surface area contributed by atoms with Crippen LogP contribution in [0.15, 0.2) is 51.9 Å². The van der Waals surface area contributed by atoms with Gasteiger partial charge in [-0.2, -0.15) is 0 Å². The molecule has 2 bridgehead atoms. The van der Waals surface area contributed by atoms with Crippen molar-refractivity contribution in [3.05, 3.63) is 70.2 Å². The van der Waals surface area contributed by atoms with Crippen LogP contribution in [0.25, 0.3) is 11.5 Å². The van der Waals surface area contributed by atoms with Gasteiger partial charge in [-0.3, -0.25) is 19.1 Å². The lowest BCUT2D eigenvalue weighted by Crippen LogP contribution is -2.53. The van der Waals surface area contributed by atoms with E-state index in [4.69, 9.17) is 4.42 Å². The highest BCUT2D eigenvalue weighted by Gasteiger charge is 2.43. The molecule has 0 aliphatic carbocycles. The average Bonchev–Trinajstić information content (AvgIpc) is 3.24. The normalized spacial score (nSPS) is 23.6. The Morgan fingerprint density at radius 2 is 2.09 bits per heavy atom. The van der Waals surface area contributed by atoms with Crippen LogP contribution >= 0.6 is 12.4 Å². The number of hydrogen-bond donors (Lipinski definition) is 1. The first-order chi connectivity index (χ1) is 15.2. The monoisotopic (exact) mass is 453 g/mol. The largest absolute Gasteiger partial charge is 0.441 e. The van der Waals surface area contributed by atoms with Crippen LogP contribution < -0.4 is 10.9 Å². The van der Waals surface area contributed by atoms with E-state index in [1.165, 1.54) is 0 Å². The van der Waals surface area contributed by atoms with E-state index in [0.717, 1.165) is 42.2 Å². The lowest BCUT2D eigenvalue weighted by Gasteiger charge is -2.44. The van der Waals surface area contributed by atoms with Crippen molar-refractivity contribution in [2.75, 3.05) is 19.6 Å². The number of carbonyl (C=O) groups is 1. The number of nitrogens with one attached hydrogen (secondary N) is 1. The van der Waals surface area contributed by atoms with Crippen LogP contribution in [0.5, 0.6) is 0 Å². The molecule has 1 saturated heterocycles. The third-order valence-electron chi connectivity index (χ3n) is 6.75. The highest BCUT2D eigenvalue weighted by molar-refractivity contribution is 5.85. The second-order valence-electron chi connectivity index (χ2n) is 8.60. The molecule has 32 heavy (non-hydrogen) atoms. The molecule has 0 unspecified atom stereocenters. The minimum Gasteiger partial charge on any atom is -0.441 e. The van der Waals surface area contributed by atoms with Crippen molar-refractivity contribution in [1.82, 2.24) is 24.8 Å². The molecule has 3 aliphatic rings. The van der Waals surface area contributed by atoms with E-state index in [-0.39, 0.29) is 35.7 Å². The molecule has 3 aliphatic heterocycles. The van der Waals surface area contributed by atoms with Gasteiger partial charge >= 0.3 is 0 Å². The van der Waals surface area contributed by atoms with Crippen molar-refractivity contribution in [2.24, 2.45) is 5.92 Å². The van der Waals surface area contributed by atoms with Crippen LogP contribution in [0.2, 0.25) is 0 Å². The molecule has 1 amide bonds. The third-order valence-corrected chi connectivity index (χ3v) is 6.75. The molecule has 1 fully saturated rings. The van der Waals surface area contributed by atoms with Crippen LogP contribution in [0.3, 0.4) is 0 Å². The Kier molecular flexibility index (Phi) is 5.35. The van der Waals surface area contributed by atoms with Crippen molar-refractivity contribution < 1.29 is 9.21 Å². The molecule has 3 atom stereocenters. The Labute approximate surface area is 191 Å². The predicted molar refractivity (Wildman–Crippen MR) is 120 cm³/mol. The summed E-state index contributed by atoms with van der Waals surface area (Å²) in [5, 5.41) is 3.45. The number of aromatic nitrogens is 3. The minimum absolute atomic E-state index is 0. The minimum atomic E-state index is -0.473. The van der Waals surface area contributed by atoms with Gasteiger partial charge in [0.15, 0.2) is 0 Å². The number of halogens is 1. The number of piperidine rings is 1. The number of pyridine rings is 2. The number of fused-ring (bicyclic) bond motifs is 5. The van der Waals surface area contributed by atoms with Crippen molar-refractivity contribution >= 4 is 18.3 Å². The zero-order valence-corrected chi connectivity index (χ0v) is 18.3. The predicted octanol–water partition coefficient (Wildman–Crippen LogP) is 2.15. The molecule has 9 heteroatoms. The van der Waals surface area contributed by atoms with Gasteiger partial charge in [-0.1, -0.05) is 6.07 Å². The number of oxazole rings is 1. The lowest BCUT2D eigenvalue weighted by atomic mass is 9.78. The second-order valence-corrected chi connectivity index (χ2v) is 8.60. The zero-order chi connectivity index (χ0) is 20.9. The maximum atomic E-state index is 13.7. The zero-order valence-electron chi connectivity index (χ0n) is 17.4. The average molecular weight is 454 g/mol. The second kappa shape index (κ2) is 8.18. The van der Waals surface area contributed by atoms with Gasteiger partial charge in [0.25, 0.3) is 5.56 Å². The van der Waals surface area contributed by atoms with Gasteiger partial charge in [-0.25, -0.2) is 4.98 Å². The fourth-order valence-corrected chi connectivity index (χ4v) is 5.30. The summed E-state index contributed by atoms with van der Waals surface area (Å²) < 4.78 is 7.70. The van der Waals surface area contributed by atoms with Gasteiger partial charge in [0.1, 0.15) is 17.5 Å². The summed E-state index contributed by atoms with van der Waals surface area (Å²) in [5.74, 6) is 1.75. The van der Waals surface area contributed by atoms with E-state index in [2.05, 4.69) is 15.3 Å². The van der Waals surface area contributed by atoms with Crippen molar-refractivity contribution in [1.29, 1.82) is 0 Å². The standard InChI is InChI=1S/C23H23N5O3.ClH/c29-20-5-1-4-18-15-9-16(12-25-11-15)21(28(18)20)23(30)27-8-6-19-17(13-27)26-22(31-19)14-3-2-7-24-10-14;/h1-5,7,10,15-16,21,25H,6,8-9,11-13H2;1H/t15-,16+,21-;/m1./s1. The van der Waals surface area contributed by atoms with E-state index < -0.39 is 6.04 Å². The fraction of sp³-hybridized carbons (Fsp3) is 0.391. The summed E-state index contributed by atoms with van der Waals surface area (Å²) >= 11 is 0. The summed E-state index contributed by atoms with van der Waals surface area (Å²) in [6.07, 6.45) is 4.98. The van der Waals surface area contributed by atoms with Gasteiger partial charge in [0, 0.05) is 62.0 Å². The Bertz CT molecular complexity index is 1210. The Balaban J connectivity index is 0.00000216. The molecule has 8 nitrogen and oxygen atoms in total. The molecule has 0 aromatic carbocycles. The van der Waals surface area contributed by atoms with Crippen LogP contribution in [-0.4, -0.2) is 45.0 Å². The number of amides is 1. The molecule has 3 aromatic heterocycles. The number of carbonyl (C=O) groups excluding carboxylic acids is 1. The van der Waals surface area contributed by atoms with Gasteiger partial charge in [0.05, 0.1) is 12.1 Å². The summed E-state index contributed by atoms with van der Waals surface area (Å²) in [5.41, 5.74) is 2.48. The van der Waals surface area contributed by atoms with Crippen molar-refractivity contribution in [3.8, 4) is 11.5 Å². The van der Waals surface area contributed by atoms with E-state index in [9.17, 15) is 9.59 Å². The molecule has 0 spiro atoms. The first-order valence-corrected chi connectivity index (χ1v) is 10.8. The summed E-state index contributed by atoms with van der Waals surface area (Å²) in [6.45, 7) is 2.56. The lowest BCUT2D eigenvalue weighted by molar-refractivity contribution is -0.138. The first-order valence-electron chi connectivity index (χ1n) is 10.8. The molecule has 6 rings (SSSR count). The quantitative estimate of drug-likeness (QED) is 0.639. The highest BCUT2D eigenvalue weighted by Crippen LogP contribution is 2.40. The van der Waals surface area contributed by atoms with E-state index in [0.29, 0.717) is 25.4 Å². The number of rotatable bonds is 2. The summed E-state index contributed by atoms with van der Waals surface area (Å²) in [6, 6.07) is 8.63. The van der Waals surface area contributed by atoms with Crippen LogP contribution in [-0.2, 0) is 17.8 Å². The van der Waals surface area contributed by atoms with Crippen LogP contribution in [0, 0.1) is 5.92 Å². The molecule has 0 radical (unpaired) electrons. The molecule has 3 aromatic rings. The molecular formula is C23H24ClN5O3. The SMILES string of the molecule is Cl.O=C([C@H]1[C@@H]2CNC[C@@H](C2)c2cccc(=O)n21)N1CCc2oc(-c3cccnc3)nc2C1. The number of nitrogens with zero attached hydrogens (tertiary/aromatic N) is 4. The van der Waals surface area contributed by atoms with Gasteiger partial charge in [-0.05, 0) is 24.6 Å². The highest BCUT2D eigenvalue weighted by atomic mass is 35.5. The molecular weight excluding hydrogens is 430 g/mol.